The van der Waals surface area contributed by atoms with E-state index in [0.717, 1.165) is 0 Å². The lowest BCUT2D eigenvalue weighted by atomic mass is 9.92. The zero-order valence-electron chi connectivity index (χ0n) is 11.2. The topological polar surface area (TPSA) is 92.9 Å². The smallest absolute Gasteiger partial charge is 0.326 e. The maximum atomic E-state index is 12.4. The molecule has 0 aliphatic carbocycles. The van der Waals surface area contributed by atoms with Gasteiger partial charge in [0.05, 0.1) is 11.6 Å². The average molecular weight is 258 g/mol. The maximum absolute atomic E-state index is 12.4. The number of nitrogens with zero attached hydrogens (tertiary/aromatic N) is 1. The summed E-state index contributed by atoms with van der Waals surface area (Å²) in [6.07, 6.45) is 1.07. The van der Waals surface area contributed by atoms with Crippen molar-refractivity contribution in [2.45, 2.75) is 50.8 Å². The number of carboxylic acid groups (broad SMARTS) is 1. The summed E-state index contributed by atoms with van der Waals surface area (Å²) in [5.74, 6) is -1.29. The number of hydrogen-bond acceptors (Lipinski definition) is 4. The van der Waals surface area contributed by atoms with Gasteiger partial charge in [0, 0.05) is 20.1 Å². The van der Waals surface area contributed by atoms with Crippen LogP contribution in [0.2, 0.25) is 0 Å². The third-order valence-corrected chi connectivity index (χ3v) is 3.83. The largest absolute Gasteiger partial charge is 0.480 e. The molecule has 0 spiro atoms. The molecule has 0 saturated carbocycles. The van der Waals surface area contributed by atoms with E-state index < -0.39 is 17.6 Å². The number of ether oxygens (including phenoxy) is 1. The second-order valence-electron chi connectivity index (χ2n) is 4.77. The molecule has 104 valence electrons. The molecule has 1 heterocycles. The summed E-state index contributed by atoms with van der Waals surface area (Å²) in [5.41, 5.74) is 5.07. The lowest BCUT2D eigenvalue weighted by molar-refractivity contribution is -0.150. The van der Waals surface area contributed by atoms with Gasteiger partial charge >= 0.3 is 5.97 Å². The molecule has 6 heteroatoms. The van der Waals surface area contributed by atoms with Crippen molar-refractivity contribution in [3.63, 3.8) is 0 Å². The average Bonchev–Trinajstić information content (AvgIpc) is 2.81. The van der Waals surface area contributed by atoms with Gasteiger partial charge in [-0.25, -0.2) is 4.79 Å². The number of amides is 1. The van der Waals surface area contributed by atoms with E-state index in [1.54, 1.807) is 0 Å². The second kappa shape index (κ2) is 5.67. The van der Waals surface area contributed by atoms with E-state index in [-0.39, 0.29) is 12.0 Å². The maximum Gasteiger partial charge on any atom is 0.326 e. The fourth-order valence-corrected chi connectivity index (χ4v) is 2.27. The molecule has 18 heavy (non-hydrogen) atoms. The van der Waals surface area contributed by atoms with Crippen molar-refractivity contribution < 1.29 is 19.4 Å². The fourth-order valence-electron chi connectivity index (χ4n) is 2.27. The molecule has 6 nitrogen and oxygen atoms in total. The normalized spacial score (nSPS) is 24.3. The number of hydrogen-bond donors (Lipinski definition) is 2. The van der Waals surface area contributed by atoms with Crippen molar-refractivity contribution in [3.8, 4) is 0 Å². The van der Waals surface area contributed by atoms with Crippen LogP contribution in [0.5, 0.6) is 0 Å². The molecule has 0 bridgehead atoms. The number of nitrogens with two attached hydrogens (primary N) is 1. The number of aliphatic carboxylic acids is 1. The highest BCUT2D eigenvalue weighted by Crippen LogP contribution is 2.25. The van der Waals surface area contributed by atoms with Crippen molar-refractivity contribution in [2.24, 2.45) is 5.73 Å². The Hall–Kier alpha value is -1.14. The van der Waals surface area contributed by atoms with Crippen LogP contribution in [0.4, 0.5) is 0 Å². The number of likely N-dealkylation sites (tertiary alicyclic amines) is 1. The van der Waals surface area contributed by atoms with Crippen LogP contribution in [-0.2, 0) is 14.3 Å². The Morgan fingerprint density at radius 3 is 2.39 bits per heavy atom. The van der Waals surface area contributed by atoms with Crippen LogP contribution < -0.4 is 5.73 Å². The Kier molecular flexibility index (Phi) is 4.70. The van der Waals surface area contributed by atoms with E-state index in [2.05, 4.69) is 0 Å². The van der Waals surface area contributed by atoms with Crippen LogP contribution in [0.25, 0.3) is 0 Å². The lowest BCUT2D eigenvalue weighted by Gasteiger charge is -2.32. The number of rotatable bonds is 5. The molecule has 0 aromatic heterocycles. The van der Waals surface area contributed by atoms with Gasteiger partial charge in [0.25, 0.3) is 0 Å². The van der Waals surface area contributed by atoms with Gasteiger partial charge < -0.3 is 20.5 Å². The van der Waals surface area contributed by atoms with Gasteiger partial charge in [-0.3, -0.25) is 4.79 Å². The van der Waals surface area contributed by atoms with Crippen LogP contribution in [-0.4, -0.2) is 53.2 Å². The molecule has 0 radical (unpaired) electrons. The second-order valence-corrected chi connectivity index (χ2v) is 4.77. The van der Waals surface area contributed by atoms with Gasteiger partial charge in [-0.05, 0) is 12.8 Å². The molecule has 1 aliphatic rings. The molecule has 2 atom stereocenters. The first kappa shape index (κ1) is 14.9. The van der Waals surface area contributed by atoms with Crippen LogP contribution in [0.3, 0.4) is 0 Å². The highest BCUT2D eigenvalue weighted by Gasteiger charge is 2.45. The van der Waals surface area contributed by atoms with E-state index in [4.69, 9.17) is 15.6 Å². The minimum absolute atomic E-state index is 0.229. The number of carboxylic acids is 1. The zero-order chi connectivity index (χ0) is 13.9. The Morgan fingerprint density at radius 2 is 2.00 bits per heavy atom. The number of carbonyl (C=O) groups excluding carboxylic acids is 1. The van der Waals surface area contributed by atoms with Gasteiger partial charge in [-0.15, -0.1) is 0 Å². The highest BCUT2D eigenvalue weighted by molar-refractivity contribution is 5.90. The third kappa shape index (κ3) is 2.64. The molecule has 2 unspecified atom stereocenters. The number of carbonyl (C=O) groups is 2. The quantitative estimate of drug-likeness (QED) is 0.735. The Balaban J connectivity index is 2.92. The van der Waals surface area contributed by atoms with E-state index in [0.29, 0.717) is 25.8 Å². The summed E-state index contributed by atoms with van der Waals surface area (Å²) in [7, 11) is 1.52. The van der Waals surface area contributed by atoms with Crippen LogP contribution in [0, 0.1) is 0 Å². The van der Waals surface area contributed by atoms with Gasteiger partial charge in [-0.2, -0.15) is 0 Å². The van der Waals surface area contributed by atoms with Crippen molar-refractivity contribution in [1.82, 2.24) is 4.90 Å². The monoisotopic (exact) mass is 258 g/mol. The van der Waals surface area contributed by atoms with E-state index in [1.165, 1.54) is 12.0 Å². The Bertz CT molecular complexity index is 328. The molecule has 1 amide bonds. The van der Waals surface area contributed by atoms with Gasteiger partial charge in [0.2, 0.25) is 5.91 Å². The van der Waals surface area contributed by atoms with Gasteiger partial charge in [0.15, 0.2) is 0 Å². The van der Waals surface area contributed by atoms with Crippen LogP contribution >= 0.6 is 0 Å². The molecule has 0 aromatic rings. The summed E-state index contributed by atoms with van der Waals surface area (Å²) in [6, 6.07) is -0.830. The highest BCUT2D eigenvalue weighted by atomic mass is 16.5. The first-order valence-electron chi connectivity index (χ1n) is 6.25. The first-order valence-corrected chi connectivity index (χ1v) is 6.25. The van der Waals surface area contributed by atoms with E-state index in [9.17, 15) is 9.59 Å². The number of methoxy groups -OCH3 is 1. The minimum atomic E-state index is -1.00. The van der Waals surface area contributed by atoms with Gasteiger partial charge in [0.1, 0.15) is 6.04 Å². The molecule has 1 rings (SSSR count). The molecule has 0 aromatic carbocycles. The lowest BCUT2D eigenvalue weighted by Crippen LogP contribution is -2.57. The molecule has 3 N–H and O–H groups in total. The van der Waals surface area contributed by atoms with Crippen LogP contribution in [0.1, 0.15) is 33.1 Å². The predicted octanol–water partition coefficient (Wildman–Crippen LogP) is 0.204. The Morgan fingerprint density at radius 1 is 1.44 bits per heavy atom. The van der Waals surface area contributed by atoms with Gasteiger partial charge in [-0.1, -0.05) is 13.8 Å². The van der Waals surface area contributed by atoms with Crippen molar-refractivity contribution in [1.29, 1.82) is 0 Å². The van der Waals surface area contributed by atoms with Crippen molar-refractivity contribution >= 4 is 11.9 Å². The zero-order valence-corrected chi connectivity index (χ0v) is 11.2. The molecular formula is C12H22N2O4. The summed E-state index contributed by atoms with van der Waals surface area (Å²) in [4.78, 5) is 24.9. The van der Waals surface area contributed by atoms with Crippen molar-refractivity contribution in [2.75, 3.05) is 13.7 Å². The summed E-state index contributed by atoms with van der Waals surface area (Å²) in [6.45, 7) is 3.97. The first-order chi connectivity index (χ1) is 8.39. The van der Waals surface area contributed by atoms with E-state index >= 15 is 0 Å². The van der Waals surface area contributed by atoms with Crippen molar-refractivity contribution in [3.05, 3.63) is 0 Å². The third-order valence-electron chi connectivity index (χ3n) is 3.83. The summed E-state index contributed by atoms with van der Waals surface area (Å²) >= 11 is 0. The Labute approximate surface area is 107 Å². The molecule has 1 saturated heterocycles. The molecular weight excluding hydrogens is 236 g/mol. The van der Waals surface area contributed by atoms with Crippen LogP contribution in [0.15, 0.2) is 0 Å². The SMILES string of the molecule is CCC(N)(CC)C(=O)N1CC(OC)CC1C(=O)O. The fraction of sp³-hybridized carbons (Fsp3) is 0.833. The summed E-state index contributed by atoms with van der Waals surface area (Å²) < 4.78 is 5.15. The standard InChI is InChI=1S/C12H22N2O4/c1-4-12(13,5-2)11(17)14-7-8(18-3)6-9(14)10(15)16/h8-9H,4-7,13H2,1-3H3,(H,15,16). The summed E-state index contributed by atoms with van der Waals surface area (Å²) in [5, 5.41) is 9.17. The molecule has 1 aliphatic heterocycles. The molecule has 1 fully saturated rings. The predicted molar refractivity (Wildman–Crippen MR) is 66.1 cm³/mol. The van der Waals surface area contributed by atoms with E-state index in [1.807, 2.05) is 13.8 Å². The minimum Gasteiger partial charge on any atom is -0.480 e.